The molecule has 106 valence electrons. The number of hydrogen-bond acceptors (Lipinski definition) is 4. The van der Waals surface area contributed by atoms with Gasteiger partial charge in [-0.3, -0.25) is 19.6 Å². The number of hydrogen-bond donors (Lipinski definition) is 1. The summed E-state index contributed by atoms with van der Waals surface area (Å²) in [4.78, 5) is 23.3. The molecule has 0 radical (unpaired) electrons. The minimum atomic E-state index is -0.342. The van der Waals surface area contributed by atoms with Gasteiger partial charge in [0.1, 0.15) is 5.58 Å². The van der Waals surface area contributed by atoms with Crippen LogP contribution in [0.2, 0.25) is 0 Å². The summed E-state index contributed by atoms with van der Waals surface area (Å²) in [6.07, 6.45) is 4.40. The molecule has 0 saturated carbocycles. The summed E-state index contributed by atoms with van der Waals surface area (Å²) in [5.74, 6) is -0.809. The third-order valence-electron chi connectivity index (χ3n) is 3.96. The van der Waals surface area contributed by atoms with Crippen LogP contribution in [-0.2, 0) is 16.6 Å². The molecule has 6 heteroatoms. The molecule has 0 unspecified atom stereocenters. The van der Waals surface area contributed by atoms with Crippen molar-refractivity contribution >= 4 is 33.7 Å². The molecule has 1 fully saturated rings. The number of piperidine rings is 1. The lowest BCUT2D eigenvalue weighted by Gasteiger charge is -2.19. The molecule has 21 heavy (non-hydrogen) atoms. The molecule has 2 amide bonds. The lowest BCUT2D eigenvalue weighted by Crippen LogP contribution is -2.39. The highest BCUT2D eigenvalue weighted by Gasteiger charge is 2.30. The SMILES string of the molecule is Cn1cc2cc3occ([C@@H]4CCC(=O)NC4=O)c3cc2n1. The second-order valence-corrected chi connectivity index (χ2v) is 5.40. The van der Waals surface area contributed by atoms with Gasteiger partial charge in [0.25, 0.3) is 0 Å². The summed E-state index contributed by atoms with van der Waals surface area (Å²) in [6, 6.07) is 3.86. The number of imide groups is 1. The fourth-order valence-electron chi connectivity index (χ4n) is 2.95. The molecule has 1 aliphatic rings. The number of amides is 2. The molecule has 1 aliphatic heterocycles. The van der Waals surface area contributed by atoms with Crippen molar-refractivity contribution < 1.29 is 14.0 Å². The van der Waals surface area contributed by atoms with Crippen molar-refractivity contribution in [2.75, 3.05) is 0 Å². The topological polar surface area (TPSA) is 77.1 Å². The Balaban J connectivity index is 1.87. The molecule has 0 bridgehead atoms. The van der Waals surface area contributed by atoms with Gasteiger partial charge in [-0.15, -0.1) is 0 Å². The lowest BCUT2D eigenvalue weighted by molar-refractivity contribution is -0.134. The molecule has 3 aromatic rings. The number of fused-ring (bicyclic) bond motifs is 2. The molecule has 4 rings (SSSR count). The molecule has 2 aromatic heterocycles. The quantitative estimate of drug-likeness (QED) is 0.691. The molecule has 6 nitrogen and oxygen atoms in total. The molecule has 1 saturated heterocycles. The molecule has 1 N–H and O–H groups in total. The van der Waals surface area contributed by atoms with E-state index in [2.05, 4.69) is 10.4 Å². The van der Waals surface area contributed by atoms with E-state index in [0.717, 1.165) is 27.4 Å². The smallest absolute Gasteiger partial charge is 0.234 e. The van der Waals surface area contributed by atoms with Crippen molar-refractivity contribution in [1.82, 2.24) is 15.1 Å². The third-order valence-corrected chi connectivity index (χ3v) is 3.96. The van der Waals surface area contributed by atoms with Gasteiger partial charge in [0.2, 0.25) is 11.8 Å². The zero-order valence-electron chi connectivity index (χ0n) is 11.4. The van der Waals surface area contributed by atoms with Crippen LogP contribution in [0.1, 0.15) is 24.3 Å². The average Bonchev–Trinajstić information content (AvgIpc) is 2.98. The fraction of sp³-hybridized carbons (Fsp3) is 0.267. The second kappa shape index (κ2) is 4.18. The minimum Gasteiger partial charge on any atom is -0.464 e. The summed E-state index contributed by atoms with van der Waals surface area (Å²) < 4.78 is 7.34. The molecule has 0 aliphatic carbocycles. The standard InChI is InChI=1S/C15H13N3O3/c1-18-6-8-4-13-10(5-12(8)17-18)11(7-21-13)9-2-3-14(19)16-15(9)20/h4-7,9H,2-3H2,1H3,(H,16,19,20)/t9-/m0/s1. The normalized spacial score (nSPS) is 19.4. The van der Waals surface area contributed by atoms with Crippen LogP contribution < -0.4 is 5.32 Å². The number of aromatic nitrogens is 2. The Hall–Kier alpha value is -2.63. The van der Waals surface area contributed by atoms with Crippen molar-refractivity contribution in [3.05, 3.63) is 30.2 Å². The van der Waals surface area contributed by atoms with Crippen LogP contribution in [-0.4, -0.2) is 21.6 Å². The molecule has 0 spiro atoms. The Kier molecular flexibility index (Phi) is 2.42. The van der Waals surface area contributed by atoms with Gasteiger partial charge in [0, 0.05) is 36.0 Å². The number of benzene rings is 1. The van der Waals surface area contributed by atoms with Crippen LogP contribution in [0.3, 0.4) is 0 Å². The van der Waals surface area contributed by atoms with Crippen LogP contribution in [0.25, 0.3) is 21.9 Å². The van der Waals surface area contributed by atoms with E-state index in [1.807, 2.05) is 25.4 Å². The van der Waals surface area contributed by atoms with Crippen molar-refractivity contribution in [3.8, 4) is 0 Å². The fourth-order valence-corrected chi connectivity index (χ4v) is 2.95. The summed E-state index contributed by atoms with van der Waals surface area (Å²) in [5.41, 5.74) is 2.41. The maximum Gasteiger partial charge on any atom is 0.234 e. The Morgan fingerprint density at radius 2 is 2.24 bits per heavy atom. The molecule has 1 aromatic carbocycles. The van der Waals surface area contributed by atoms with Gasteiger partial charge in [-0.2, -0.15) is 5.10 Å². The molecule has 3 heterocycles. The number of furan rings is 1. The molecular formula is C15H13N3O3. The van der Waals surface area contributed by atoms with E-state index in [1.54, 1.807) is 10.9 Å². The van der Waals surface area contributed by atoms with Crippen molar-refractivity contribution in [3.63, 3.8) is 0 Å². The van der Waals surface area contributed by atoms with Gasteiger partial charge in [-0.25, -0.2) is 0 Å². The maximum absolute atomic E-state index is 12.0. The van der Waals surface area contributed by atoms with E-state index in [4.69, 9.17) is 4.42 Å². The predicted octanol–water partition coefficient (Wildman–Crippen LogP) is 1.84. The predicted molar refractivity (Wildman–Crippen MR) is 75.6 cm³/mol. The highest BCUT2D eigenvalue weighted by molar-refractivity contribution is 6.04. The summed E-state index contributed by atoms with van der Waals surface area (Å²) >= 11 is 0. The van der Waals surface area contributed by atoms with E-state index in [0.29, 0.717) is 12.8 Å². The third kappa shape index (κ3) is 1.83. The number of nitrogens with zero attached hydrogens (tertiary/aromatic N) is 2. The lowest BCUT2D eigenvalue weighted by atomic mass is 9.90. The van der Waals surface area contributed by atoms with Crippen molar-refractivity contribution in [2.45, 2.75) is 18.8 Å². The van der Waals surface area contributed by atoms with Gasteiger partial charge < -0.3 is 4.42 Å². The summed E-state index contributed by atoms with van der Waals surface area (Å²) in [5, 5.41) is 8.64. The number of carbonyl (C=O) groups excluding carboxylic acids is 2. The van der Waals surface area contributed by atoms with Crippen LogP contribution in [0.5, 0.6) is 0 Å². The minimum absolute atomic E-state index is 0.212. The van der Waals surface area contributed by atoms with Gasteiger partial charge >= 0.3 is 0 Å². The van der Waals surface area contributed by atoms with E-state index < -0.39 is 0 Å². The number of nitrogens with one attached hydrogen (secondary N) is 1. The summed E-state index contributed by atoms with van der Waals surface area (Å²) in [6.45, 7) is 0. The van der Waals surface area contributed by atoms with Gasteiger partial charge in [0.15, 0.2) is 0 Å². The first-order valence-corrected chi connectivity index (χ1v) is 6.80. The van der Waals surface area contributed by atoms with E-state index >= 15 is 0 Å². The van der Waals surface area contributed by atoms with Crippen LogP contribution in [0.15, 0.2) is 29.0 Å². The molecule has 1 atom stereocenters. The monoisotopic (exact) mass is 283 g/mol. The van der Waals surface area contributed by atoms with E-state index in [9.17, 15) is 9.59 Å². The average molecular weight is 283 g/mol. The summed E-state index contributed by atoms with van der Waals surface area (Å²) in [7, 11) is 1.86. The van der Waals surface area contributed by atoms with Crippen molar-refractivity contribution in [2.24, 2.45) is 7.05 Å². The largest absolute Gasteiger partial charge is 0.464 e. The van der Waals surface area contributed by atoms with E-state index in [-0.39, 0.29) is 17.7 Å². The first-order chi connectivity index (χ1) is 10.1. The van der Waals surface area contributed by atoms with Crippen LogP contribution in [0, 0.1) is 0 Å². The second-order valence-electron chi connectivity index (χ2n) is 5.40. The first kappa shape index (κ1) is 12.1. The number of aryl methyl sites for hydroxylation is 1. The Labute approximate surface area is 119 Å². The van der Waals surface area contributed by atoms with Gasteiger partial charge in [-0.1, -0.05) is 0 Å². The molecular weight excluding hydrogens is 270 g/mol. The van der Waals surface area contributed by atoms with Gasteiger partial charge in [-0.05, 0) is 18.6 Å². The number of rotatable bonds is 1. The zero-order valence-corrected chi connectivity index (χ0v) is 11.4. The highest BCUT2D eigenvalue weighted by atomic mass is 16.3. The highest BCUT2D eigenvalue weighted by Crippen LogP contribution is 2.34. The van der Waals surface area contributed by atoms with Gasteiger partial charge in [0.05, 0.1) is 17.7 Å². The number of carbonyl (C=O) groups is 2. The Morgan fingerprint density at radius 1 is 1.38 bits per heavy atom. The van der Waals surface area contributed by atoms with Crippen LogP contribution >= 0.6 is 0 Å². The maximum atomic E-state index is 12.0. The Bertz CT molecular complexity index is 890. The van der Waals surface area contributed by atoms with Crippen molar-refractivity contribution in [1.29, 1.82) is 0 Å². The zero-order chi connectivity index (χ0) is 14.6. The van der Waals surface area contributed by atoms with Crippen LogP contribution in [0.4, 0.5) is 0 Å². The van der Waals surface area contributed by atoms with E-state index in [1.165, 1.54) is 0 Å². The first-order valence-electron chi connectivity index (χ1n) is 6.80. The Morgan fingerprint density at radius 3 is 3.05 bits per heavy atom.